The van der Waals surface area contributed by atoms with Crippen LogP contribution in [0.15, 0.2) is 70.4 Å². The number of terminal acetylenes is 1. The van der Waals surface area contributed by atoms with Crippen molar-refractivity contribution in [3.05, 3.63) is 87.2 Å². The molecule has 3 aromatic rings. The van der Waals surface area contributed by atoms with Crippen LogP contribution in [0.25, 0.3) is 10.8 Å². The van der Waals surface area contributed by atoms with Crippen LogP contribution < -0.4 is 20.9 Å². The van der Waals surface area contributed by atoms with Gasteiger partial charge < -0.3 is 14.0 Å². The molecule has 1 aliphatic heterocycles. The van der Waals surface area contributed by atoms with Crippen molar-refractivity contribution < 1.29 is 27.9 Å². The Morgan fingerprint density at radius 1 is 1.24 bits per heavy atom. The number of aromatic nitrogens is 2. The van der Waals surface area contributed by atoms with Crippen LogP contribution in [0.1, 0.15) is 39.5 Å². The third kappa shape index (κ3) is 7.46. The largest absolute Gasteiger partial charge is 0.464 e. The molecule has 0 spiro atoms. The third-order valence-electron chi connectivity index (χ3n) is 6.27. The van der Waals surface area contributed by atoms with Gasteiger partial charge in [-0.05, 0) is 54.3 Å². The summed E-state index contributed by atoms with van der Waals surface area (Å²) < 4.78 is 38.3. The maximum Gasteiger partial charge on any atom is 0.459 e. The zero-order chi connectivity index (χ0) is 30.7. The first kappa shape index (κ1) is 31.0. The van der Waals surface area contributed by atoms with Crippen molar-refractivity contribution in [1.82, 2.24) is 14.6 Å². The topological polar surface area (TPSA) is 138 Å². The number of fused-ring (bicyclic) bond motifs is 1. The Hall–Kier alpha value is -3.94. The van der Waals surface area contributed by atoms with Crippen LogP contribution in [-0.4, -0.2) is 40.4 Å². The van der Waals surface area contributed by atoms with Crippen molar-refractivity contribution >= 4 is 24.5 Å². The molecule has 1 aliphatic rings. The number of hydrogen-bond donors (Lipinski definition) is 2. The van der Waals surface area contributed by atoms with E-state index in [4.69, 9.17) is 24.9 Å². The Morgan fingerprint density at radius 3 is 2.64 bits per heavy atom. The van der Waals surface area contributed by atoms with Crippen molar-refractivity contribution in [1.29, 1.82) is 0 Å². The Balaban J connectivity index is 1.56. The van der Waals surface area contributed by atoms with Gasteiger partial charge in [0.05, 0.1) is 6.61 Å². The highest BCUT2D eigenvalue weighted by molar-refractivity contribution is 7.52. The van der Waals surface area contributed by atoms with E-state index in [0.29, 0.717) is 5.56 Å². The Kier molecular flexibility index (Phi) is 8.95. The number of carbonyl (C=O) groups excluding carboxylic acids is 1. The molecule has 2 N–H and O–H groups in total. The van der Waals surface area contributed by atoms with Crippen molar-refractivity contribution in [3.63, 3.8) is 0 Å². The molecule has 4 rings (SSSR count). The molecule has 2 aromatic carbocycles. The number of nitrogens with zero attached hydrogens (tertiary/aromatic N) is 1. The summed E-state index contributed by atoms with van der Waals surface area (Å²) in [4.78, 5) is 39.1. The van der Waals surface area contributed by atoms with Crippen LogP contribution in [0.2, 0.25) is 0 Å². The number of hydrogen-bond acceptors (Lipinski definition) is 8. The average Bonchev–Trinajstić information content (AvgIpc) is 3.37. The molecule has 1 aromatic heterocycles. The molecule has 0 fully saturated rings. The summed E-state index contributed by atoms with van der Waals surface area (Å²) >= 11 is 0. The second-order valence-corrected chi connectivity index (χ2v) is 13.0. The summed E-state index contributed by atoms with van der Waals surface area (Å²) in [5.41, 5.74) is -2.73. The lowest BCUT2D eigenvalue weighted by molar-refractivity contribution is -0.148. The van der Waals surface area contributed by atoms with Crippen LogP contribution >= 0.6 is 7.75 Å². The molecule has 0 saturated carbocycles. The molecule has 0 unspecified atom stereocenters. The second-order valence-electron chi connectivity index (χ2n) is 11.3. The molecule has 0 saturated heterocycles. The normalized spacial score (nSPS) is 20.5. The SMILES string of the molecule is C#C[C@@]1(CO[P@@](=O)(N[C@@H](C)C(=O)OCC(C)(C)C)Oc2ccc3ccccc3c2)C=C[C@H](n2cc(C)c(=O)[nH]c2=O)O1. The van der Waals surface area contributed by atoms with E-state index in [1.54, 1.807) is 25.1 Å². The Bertz CT molecular complexity index is 1710. The van der Waals surface area contributed by atoms with Gasteiger partial charge in [0, 0.05) is 11.8 Å². The number of rotatable bonds is 10. The molecular formula is C30H34N3O8P. The number of aromatic amines is 1. The maximum absolute atomic E-state index is 14.1. The number of aryl methyl sites for hydroxylation is 1. The zero-order valence-electron chi connectivity index (χ0n) is 24.1. The lowest BCUT2D eigenvalue weighted by Gasteiger charge is -2.28. The summed E-state index contributed by atoms with van der Waals surface area (Å²) in [7, 11) is -4.29. The van der Waals surface area contributed by atoms with Crippen molar-refractivity contribution in [2.75, 3.05) is 13.2 Å². The van der Waals surface area contributed by atoms with Gasteiger partial charge in [0.25, 0.3) is 5.56 Å². The van der Waals surface area contributed by atoms with E-state index in [0.717, 1.165) is 10.8 Å². The first-order chi connectivity index (χ1) is 19.7. The molecule has 42 heavy (non-hydrogen) atoms. The van der Waals surface area contributed by atoms with Crippen molar-refractivity contribution in [3.8, 4) is 18.1 Å². The van der Waals surface area contributed by atoms with Gasteiger partial charge >= 0.3 is 19.4 Å². The quantitative estimate of drug-likeness (QED) is 0.153. The van der Waals surface area contributed by atoms with E-state index < -0.39 is 49.4 Å². The molecule has 4 atom stereocenters. The second kappa shape index (κ2) is 12.1. The number of nitrogens with one attached hydrogen (secondary N) is 2. The molecule has 0 bridgehead atoms. The molecule has 0 amide bonds. The molecule has 11 nitrogen and oxygen atoms in total. The average molecular weight is 596 g/mol. The van der Waals surface area contributed by atoms with Gasteiger partial charge in [0.15, 0.2) is 11.8 Å². The van der Waals surface area contributed by atoms with E-state index in [9.17, 15) is 18.9 Å². The van der Waals surface area contributed by atoms with E-state index in [1.165, 1.54) is 29.8 Å². The van der Waals surface area contributed by atoms with Gasteiger partial charge in [-0.1, -0.05) is 57.0 Å². The van der Waals surface area contributed by atoms with Crippen LogP contribution in [0, 0.1) is 24.7 Å². The standard InChI is InChI=1S/C30H34N3O8P/c1-7-30(15-14-25(40-30)33-17-20(2)26(34)31-28(33)36)19-39-42(37,32-21(3)27(35)38-18-29(4,5)6)41-24-13-12-22-10-8-9-11-23(22)16-24/h1,8-17,21,25H,18-19H2,2-6H3,(H,32,37)(H,31,34,36)/t21-,25+,30-,42-/m0/s1. The molecule has 2 heterocycles. The van der Waals surface area contributed by atoms with Gasteiger partial charge in [-0.15, -0.1) is 6.42 Å². The van der Waals surface area contributed by atoms with Crippen LogP contribution in [-0.2, 0) is 23.4 Å². The summed E-state index contributed by atoms with van der Waals surface area (Å²) in [6.07, 6.45) is 9.20. The van der Waals surface area contributed by atoms with Gasteiger partial charge in [-0.25, -0.2) is 9.36 Å². The van der Waals surface area contributed by atoms with E-state index in [2.05, 4.69) is 16.0 Å². The van der Waals surface area contributed by atoms with Crippen LogP contribution in [0.3, 0.4) is 0 Å². The first-order valence-corrected chi connectivity index (χ1v) is 14.8. The number of H-pyrrole nitrogens is 1. The van der Waals surface area contributed by atoms with Gasteiger partial charge in [-0.3, -0.25) is 23.7 Å². The predicted octanol–water partition coefficient (Wildman–Crippen LogP) is 4.23. The fourth-order valence-corrected chi connectivity index (χ4v) is 5.51. The monoisotopic (exact) mass is 595 g/mol. The smallest absolute Gasteiger partial charge is 0.459 e. The predicted molar refractivity (Wildman–Crippen MR) is 158 cm³/mol. The van der Waals surface area contributed by atoms with Gasteiger partial charge in [0.2, 0.25) is 0 Å². The highest BCUT2D eigenvalue weighted by Crippen LogP contribution is 2.47. The minimum atomic E-state index is -4.29. The van der Waals surface area contributed by atoms with Crippen molar-refractivity contribution in [2.24, 2.45) is 5.41 Å². The van der Waals surface area contributed by atoms with E-state index in [1.807, 2.05) is 45.0 Å². The highest BCUT2D eigenvalue weighted by atomic mass is 31.2. The lowest BCUT2D eigenvalue weighted by atomic mass is 9.99. The molecule has 12 heteroatoms. The zero-order valence-corrected chi connectivity index (χ0v) is 25.0. The molecule has 0 aliphatic carbocycles. The minimum absolute atomic E-state index is 0.151. The first-order valence-electron chi connectivity index (χ1n) is 13.3. The van der Waals surface area contributed by atoms with Crippen molar-refractivity contribution in [2.45, 2.75) is 52.5 Å². The summed E-state index contributed by atoms with van der Waals surface area (Å²) in [6.45, 7) is 8.46. The van der Waals surface area contributed by atoms with Crippen LogP contribution in [0.4, 0.5) is 0 Å². The van der Waals surface area contributed by atoms with E-state index in [-0.39, 0.29) is 17.8 Å². The van der Waals surface area contributed by atoms with Crippen LogP contribution in [0.5, 0.6) is 5.75 Å². The van der Waals surface area contributed by atoms with Gasteiger partial charge in [-0.2, -0.15) is 5.09 Å². The van der Waals surface area contributed by atoms with Gasteiger partial charge in [0.1, 0.15) is 18.4 Å². The molecular weight excluding hydrogens is 561 g/mol. The Morgan fingerprint density at radius 2 is 1.95 bits per heavy atom. The Labute approximate surface area is 243 Å². The summed E-state index contributed by atoms with van der Waals surface area (Å²) in [5.74, 6) is 2.06. The number of carbonyl (C=O) groups is 1. The number of ether oxygens (including phenoxy) is 2. The van der Waals surface area contributed by atoms with E-state index >= 15 is 0 Å². The fourth-order valence-electron chi connectivity index (χ4n) is 4.00. The minimum Gasteiger partial charge on any atom is -0.464 e. The fraction of sp³-hybridized carbons (Fsp3) is 0.367. The summed E-state index contributed by atoms with van der Waals surface area (Å²) in [5, 5.41) is 4.44. The maximum atomic E-state index is 14.1. The summed E-state index contributed by atoms with van der Waals surface area (Å²) in [6, 6.07) is 11.6. The molecule has 222 valence electrons. The highest BCUT2D eigenvalue weighted by Gasteiger charge is 2.41. The number of benzene rings is 2. The number of esters is 1. The molecule has 0 radical (unpaired) electrons. The lowest BCUT2D eigenvalue weighted by Crippen LogP contribution is -2.39. The third-order valence-corrected chi connectivity index (χ3v) is 7.90.